The molecule has 1 amide bonds. The molecule has 1 unspecified atom stereocenters. The summed E-state index contributed by atoms with van der Waals surface area (Å²) in [5.74, 6) is 0.204. The van der Waals surface area contributed by atoms with Crippen molar-refractivity contribution >= 4 is 17.3 Å². The number of hydrogen-bond donors (Lipinski definition) is 1. The normalized spacial score (nSPS) is 21.9. The van der Waals surface area contributed by atoms with Gasteiger partial charge in [0.1, 0.15) is 6.04 Å². The number of piperazine rings is 1. The van der Waals surface area contributed by atoms with Gasteiger partial charge in [-0.25, -0.2) is 0 Å². The molecule has 108 valence electrons. The van der Waals surface area contributed by atoms with Gasteiger partial charge < -0.3 is 15.1 Å². The zero-order valence-corrected chi connectivity index (χ0v) is 13.0. The van der Waals surface area contributed by atoms with Crippen LogP contribution in [0.15, 0.2) is 0 Å². The van der Waals surface area contributed by atoms with Crippen LogP contribution in [0, 0.1) is 27.7 Å². The van der Waals surface area contributed by atoms with Crippen molar-refractivity contribution in [2.24, 2.45) is 0 Å². The Hall–Kier alpha value is -1.55. The quantitative estimate of drug-likeness (QED) is 0.781. The molecule has 1 aromatic carbocycles. The molecule has 1 fully saturated rings. The molecule has 0 aromatic heterocycles. The molecule has 2 aliphatic rings. The highest BCUT2D eigenvalue weighted by Gasteiger charge is 2.40. The van der Waals surface area contributed by atoms with E-state index in [0.717, 1.165) is 25.3 Å². The fourth-order valence-electron chi connectivity index (χ4n) is 3.56. The summed E-state index contributed by atoms with van der Waals surface area (Å²) in [7, 11) is 1.91. The Balaban J connectivity index is 2.30. The van der Waals surface area contributed by atoms with E-state index in [2.05, 4.69) is 37.9 Å². The number of carbonyl (C=O) groups is 1. The molecule has 2 aliphatic heterocycles. The van der Waals surface area contributed by atoms with Gasteiger partial charge in [0.15, 0.2) is 0 Å². The Bertz CT molecular complexity index is 594. The second-order valence-electron chi connectivity index (χ2n) is 6.01. The van der Waals surface area contributed by atoms with E-state index < -0.39 is 0 Å². The molecule has 0 spiro atoms. The van der Waals surface area contributed by atoms with Crippen molar-refractivity contribution in [1.29, 1.82) is 0 Å². The monoisotopic (exact) mass is 273 g/mol. The van der Waals surface area contributed by atoms with Gasteiger partial charge in [0, 0.05) is 26.7 Å². The average Bonchev–Trinajstić information content (AvgIpc) is 2.46. The van der Waals surface area contributed by atoms with Crippen LogP contribution in [0.1, 0.15) is 22.3 Å². The van der Waals surface area contributed by atoms with Crippen LogP contribution in [-0.4, -0.2) is 38.6 Å². The summed E-state index contributed by atoms with van der Waals surface area (Å²) in [5.41, 5.74) is 7.56. The molecular formula is C16H23N3O. The molecule has 0 bridgehead atoms. The summed E-state index contributed by atoms with van der Waals surface area (Å²) in [4.78, 5) is 16.8. The lowest BCUT2D eigenvalue weighted by atomic mass is 9.91. The van der Waals surface area contributed by atoms with Gasteiger partial charge >= 0.3 is 0 Å². The van der Waals surface area contributed by atoms with E-state index in [-0.39, 0.29) is 11.9 Å². The van der Waals surface area contributed by atoms with E-state index in [1.54, 1.807) is 0 Å². The van der Waals surface area contributed by atoms with E-state index >= 15 is 0 Å². The number of likely N-dealkylation sites (N-methyl/N-ethyl adjacent to an activating group) is 1. The summed E-state index contributed by atoms with van der Waals surface area (Å²) >= 11 is 0. The van der Waals surface area contributed by atoms with Gasteiger partial charge in [-0.05, 0) is 49.9 Å². The number of hydrogen-bond acceptors (Lipinski definition) is 3. The SMILES string of the molecule is Cc1c(C)c(C)c2c(c1C)N(C)C(=O)C1CNCCN21. The zero-order valence-electron chi connectivity index (χ0n) is 13.0. The van der Waals surface area contributed by atoms with Crippen molar-refractivity contribution in [3.63, 3.8) is 0 Å². The molecule has 2 heterocycles. The number of carbonyl (C=O) groups excluding carboxylic acids is 1. The molecule has 1 aromatic rings. The van der Waals surface area contributed by atoms with E-state index in [1.165, 1.54) is 27.9 Å². The minimum absolute atomic E-state index is 0.0542. The standard InChI is InChI=1S/C16H23N3O/c1-9-10(2)12(4)15-14(11(9)3)18(5)16(20)13-8-17-6-7-19(13)15/h13,17H,6-8H2,1-5H3. The summed E-state index contributed by atoms with van der Waals surface area (Å²) < 4.78 is 0. The van der Waals surface area contributed by atoms with Crippen molar-refractivity contribution in [3.05, 3.63) is 22.3 Å². The number of amides is 1. The van der Waals surface area contributed by atoms with Gasteiger partial charge in [-0.2, -0.15) is 0 Å². The number of fused-ring (bicyclic) bond motifs is 3. The molecule has 20 heavy (non-hydrogen) atoms. The molecule has 4 heteroatoms. The molecule has 0 radical (unpaired) electrons. The molecule has 1 N–H and O–H groups in total. The Kier molecular flexibility index (Phi) is 3.01. The first-order chi connectivity index (χ1) is 9.45. The van der Waals surface area contributed by atoms with Gasteiger partial charge in [-0.1, -0.05) is 0 Å². The average molecular weight is 273 g/mol. The largest absolute Gasteiger partial charge is 0.355 e. The van der Waals surface area contributed by atoms with E-state index in [4.69, 9.17) is 0 Å². The van der Waals surface area contributed by atoms with Crippen LogP contribution in [0.5, 0.6) is 0 Å². The fourth-order valence-corrected chi connectivity index (χ4v) is 3.56. The van der Waals surface area contributed by atoms with Crippen LogP contribution in [-0.2, 0) is 4.79 Å². The van der Waals surface area contributed by atoms with Crippen molar-refractivity contribution < 1.29 is 4.79 Å². The van der Waals surface area contributed by atoms with Gasteiger partial charge in [0.2, 0.25) is 0 Å². The highest BCUT2D eigenvalue weighted by molar-refractivity contribution is 6.07. The molecule has 1 saturated heterocycles. The Labute approximate surface area is 120 Å². The summed E-state index contributed by atoms with van der Waals surface area (Å²) in [6.45, 7) is 11.2. The van der Waals surface area contributed by atoms with Crippen molar-refractivity contribution in [2.75, 3.05) is 36.5 Å². The zero-order chi connectivity index (χ0) is 14.6. The number of nitrogens with one attached hydrogen (secondary N) is 1. The lowest BCUT2D eigenvalue weighted by Crippen LogP contribution is -2.61. The molecule has 0 saturated carbocycles. The molecule has 3 rings (SSSR count). The maximum Gasteiger partial charge on any atom is 0.250 e. The highest BCUT2D eigenvalue weighted by Crippen LogP contribution is 2.43. The molecule has 1 atom stereocenters. The van der Waals surface area contributed by atoms with Crippen molar-refractivity contribution in [1.82, 2.24) is 5.32 Å². The number of rotatable bonds is 0. The lowest BCUT2D eigenvalue weighted by Gasteiger charge is -2.46. The second-order valence-corrected chi connectivity index (χ2v) is 6.01. The minimum atomic E-state index is -0.0542. The fraction of sp³-hybridized carbons (Fsp3) is 0.562. The summed E-state index contributed by atoms with van der Waals surface area (Å²) in [6, 6.07) is -0.0542. The number of benzene rings is 1. The Morgan fingerprint density at radius 3 is 2.25 bits per heavy atom. The maximum atomic E-state index is 12.6. The van der Waals surface area contributed by atoms with Crippen LogP contribution in [0.4, 0.5) is 11.4 Å². The van der Waals surface area contributed by atoms with Crippen LogP contribution < -0.4 is 15.1 Å². The molecule has 0 aliphatic carbocycles. The highest BCUT2D eigenvalue weighted by atomic mass is 16.2. The van der Waals surface area contributed by atoms with Crippen LogP contribution in [0.2, 0.25) is 0 Å². The van der Waals surface area contributed by atoms with Gasteiger partial charge in [-0.15, -0.1) is 0 Å². The molecular weight excluding hydrogens is 250 g/mol. The van der Waals surface area contributed by atoms with Crippen molar-refractivity contribution in [3.8, 4) is 0 Å². The van der Waals surface area contributed by atoms with Crippen molar-refractivity contribution in [2.45, 2.75) is 33.7 Å². The first-order valence-corrected chi connectivity index (χ1v) is 7.30. The Morgan fingerprint density at radius 1 is 1.00 bits per heavy atom. The summed E-state index contributed by atoms with van der Waals surface area (Å²) in [5, 5.41) is 3.34. The lowest BCUT2D eigenvalue weighted by molar-refractivity contribution is -0.120. The Morgan fingerprint density at radius 2 is 1.60 bits per heavy atom. The predicted molar refractivity (Wildman–Crippen MR) is 82.8 cm³/mol. The molecule has 4 nitrogen and oxygen atoms in total. The smallest absolute Gasteiger partial charge is 0.250 e. The van der Waals surface area contributed by atoms with E-state index in [0.29, 0.717) is 0 Å². The van der Waals surface area contributed by atoms with E-state index in [1.807, 2.05) is 11.9 Å². The number of nitrogens with zero attached hydrogens (tertiary/aromatic N) is 2. The second kappa shape index (κ2) is 4.48. The van der Waals surface area contributed by atoms with Crippen LogP contribution in [0.25, 0.3) is 0 Å². The first-order valence-electron chi connectivity index (χ1n) is 7.30. The maximum absolute atomic E-state index is 12.6. The van der Waals surface area contributed by atoms with Gasteiger partial charge in [0.25, 0.3) is 5.91 Å². The minimum Gasteiger partial charge on any atom is -0.355 e. The first kappa shape index (κ1) is 13.4. The van der Waals surface area contributed by atoms with Crippen LogP contribution in [0.3, 0.4) is 0 Å². The predicted octanol–water partition coefficient (Wildman–Crippen LogP) is 1.67. The van der Waals surface area contributed by atoms with E-state index in [9.17, 15) is 4.79 Å². The third-order valence-electron chi connectivity index (χ3n) is 5.10. The number of anilines is 2. The van der Waals surface area contributed by atoms with Gasteiger partial charge in [0.05, 0.1) is 11.4 Å². The summed E-state index contributed by atoms with van der Waals surface area (Å²) in [6.07, 6.45) is 0. The third-order valence-corrected chi connectivity index (χ3v) is 5.10. The topological polar surface area (TPSA) is 35.6 Å². The van der Waals surface area contributed by atoms with Gasteiger partial charge in [-0.3, -0.25) is 4.79 Å². The third kappa shape index (κ3) is 1.61. The van der Waals surface area contributed by atoms with Crippen LogP contribution >= 0.6 is 0 Å².